The Morgan fingerprint density at radius 1 is 1.07 bits per heavy atom. The van der Waals surface area contributed by atoms with Gasteiger partial charge in [0.25, 0.3) is 0 Å². The van der Waals surface area contributed by atoms with Crippen LogP contribution in [-0.2, 0) is 6.42 Å². The van der Waals surface area contributed by atoms with Gasteiger partial charge < -0.3 is 20.4 Å². The van der Waals surface area contributed by atoms with Crippen molar-refractivity contribution in [2.24, 2.45) is 0 Å². The maximum absolute atomic E-state index is 11.4. The molecule has 146 valence electrons. The van der Waals surface area contributed by atoms with E-state index in [-0.39, 0.29) is 12.3 Å². The van der Waals surface area contributed by atoms with Crippen molar-refractivity contribution in [2.75, 3.05) is 44.2 Å². The van der Waals surface area contributed by atoms with Crippen LogP contribution >= 0.6 is 0 Å². The van der Waals surface area contributed by atoms with Crippen molar-refractivity contribution in [2.45, 2.75) is 6.42 Å². The van der Waals surface area contributed by atoms with E-state index >= 15 is 0 Å². The first-order valence-corrected chi connectivity index (χ1v) is 9.42. The predicted octanol–water partition coefficient (Wildman–Crippen LogP) is 2.38. The van der Waals surface area contributed by atoms with Gasteiger partial charge >= 0.3 is 6.09 Å². The number of hydrogen-bond acceptors (Lipinski definition) is 4. The zero-order valence-corrected chi connectivity index (χ0v) is 15.8. The molecule has 1 aliphatic heterocycles. The molecule has 1 fully saturated rings. The molecule has 3 rings (SSSR count). The first kappa shape index (κ1) is 19.6. The van der Waals surface area contributed by atoms with Crippen molar-refractivity contribution in [3.8, 4) is 17.6 Å². The van der Waals surface area contributed by atoms with Crippen molar-refractivity contribution >= 4 is 11.8 Å². The molecule has 2 aromatic rings. The van der Waals surface area contributed by atoms with E-state index in [0.717, 1.165) is 37.3 Å². The average molecular weight is 379 g/mol. The Labute approximate surface area is 165 Å². The number of nitrogens with zero attached hydrogens (tertiary/aromatic N) is 2. The molecule has 0 saturated carbocycles. The Morgan fingerprint density at radius 2 is 1.75 bits per heavy atom. The van der Waals surface area contributed by atoms with E-state index in [1.807, 2.05) is 12.1 Å². The topological polar surface area (TPSA) is 76.0 Å². The molecule has 0 atom stereocenters. The SMILES string of the molecule is O=C(O)N(CC#Cc1ccc(N2CCNCC2)cc1)CCc1ccc(O)cc1. The number of rotatable bonds is 5. The lowest BCUT2D eigenvalue weighted by molar-refractivity contribution is 0.151. The second-order valence-electron chi connectivity index (χ2n) is 6.71. The van der Waals surface area contributed by atoms with Gasteiger partial charge in [-0.25, -0.2) is 4.79 Å². The van der Waals surface area contributed by atoms with E-state index in [2.05, 4.69) is 34.2 Å². The Hall–Kier alpha value is -3.17. The molecule has 2 aromatic carbocycles. The van der Waals surface area contributed by atoms with Crippen molar-refractivity contribution in [1.82, 2.24) is 10.2 Å². The monoisotopic (exact) mass is 379 g/mol. The highest BCUT2D eigenvalue weighted by Crippen LogP contribution is 2.15. The Kier molecular flexibility index (Phi) is 6.77. The number of carbonyl (C=O) groups is 1. The van der Waals surface area contributed by atoms with E-state index in [1.165, 1.54) is 10.6 Å². The smallest absolute Gasteiger partial charge is 0.408 e. The molecule has 1 amide bonds. The number of benzene rings is 2. The molecule has 1 saturated heterocycles. The van der Waals surface area contributed by atoms with Crippen molar-refractivity contribution in [3.63, 3.8) is 0 Å². The average Bonchev–Trinajstić information content (AvgIpc) is 2.72. The Morgan fingerprint density at radius 3 is 2.39 bits per heavy atom. The molecule has 1 heterocycles. The van der Waals surface area contributed by atoms with Gasteiger partial charge in [-0.3, -0.25) is 4.90 Å². The highest BCUT2D eigenvalue weighted by Gasteiger charge is 2.11. The largest absolute Gasteiger partial charge is 0.508 e. The van der Waals surface area contributed by atoms with Crippen LogP contribution in [0.5, 0.6) is 5.75 Å². The standard InChI is InChI=1S/C22H25N3O3/c26-21-9-5-19(6-10-21)11-15-25(22(27)28)14-1-2-18-3-7-20(8-4-18)24-16-12-23-13-17-24/h3-10,23,26H,11-17H2,(H,27,28). The first-order chi connectivity index (χ1) is 13.6. The summed E-state index contributed by atoms with van der Waals surface area (Å²) in [5.74, 6) is 6.21. The second-order valence-corrected chi connectivity index (χ2v) is 6.71. The lowest BCUT2D eigenvalue weighted by Gasteiger charge is -2.29. The molecule has 0 spiro atoms. The fourth-order valence-electron chi connectivity index (χ4n) is 3.08. The predicted molar refractivity (Wildman–Crippen MR) is 110 cm³/mol. The molecule has 0 aromatic heterocycles. The number of phenolic OH excluding ortho intramolecular Hbond substituents is 1. The lowest BCUT2D eigenvalue weighted by Crippen LogP contribution is -2.43. The molecule has 0 unspecified atom stereocenters. The number of amides is 1. The summed E-state index contributed by atoms with van der Waals surface area (Å²) in [4.78, 5) is 15.1. The fourth-order valence-corrected chi connectivity index (χ4v) is 3.08. The minimum Gasteiger partial charge on any atom is -0.508 e. The highest BCUT2D eigenvalue weighted by molar-refractivity contribution is 5.65. The van der Waals surface area contributed by atoms with Crippen LogP contribution in [0, 0.1) is 11.8 Å². The molecule has 0 bridgehead atoms. The highest BCUT2D eigenvalue weighted by atomic mass is 16.4. The van der Waals surface area contributed by atoms with E-state index in [1.54, 1.807) is 24.3 Å². The summed E-state index contributed by atoms with van der Waals surface area (Å²) >= 11 is 0. The van der Waals surface area contributed by atoms with Crippen LogP contribution in [0.1, 0.15) is 11.1 Å². The van der Waals surface area contributed by atoms with Crippen LogP contribution in [0.15, 0.2) is 48.5 Å². The van der Waals surface area contributed by atoms with Crippen LogP contribution in [0.2, 0.25) is 0 Å². The number of carboxylic acid groups (broad SMARTS) is 1. The van der Waals surface area contributed by atoms with E-state index in [9.17, 15) is 15.0 Å². The molecule has 6 nitrogen and oxygen atoms in total. The summed E-state index contributed by atoms with van der Waals surface area (Å²) in [5.41, 5.74) is 3.04. The molecule has 3 N–H and O–H groups in total. The third-order valence-electron chi connectivity index (χ3n) is 4.73. The minimum atomic E-state index is -0.984. The summed E-state index contributed by atoms with van der Waals surface area (Å²) < 4.78 is 0. The number of phenols is 1. The first-order valence-electron chi connectivity index (χ1n) is 9.42. The van der Waals surface area contributed by atoms with Gasteiger partial charge in [0, 0.05) is 44.0 Å². The van der Waals surface area contributed by atoms with Gasteiger partial charge in [-0.15, -0.1) is 0 Å². The van der Waals surface area contributed by atoms with Crippen LogP contribution in [0.3, 0.4) is 0 Å². The molecular weight excluding hydrogens is 354 g/mol. The number of nitrogens with one attached hydrogen (secondary N) is 1. The minimum absolute atomic E-state index is 0.160. The van der Waals surface area contributed by atoms with Gasteiger partial charge in [0.05, 0.1) is 6.54 Å². The van der Waals surface area contributed by atoms with Gasteiger partial charge in [0.1, 0.15) is 5.75 Å². The van der Waals surface area contributed by atoms with Crippen molar-refractivity contribution in [3.05, 3.63) is 59.7 Å². The van der Waals surface area contributed by atoms with Gasteiger partial charge in [0.15, 0.2) is 0 Å². The zero-order valence-electron chi connectivity index (χ0n) is 15.8. The number of anilines is 1. The van der Waals surface area contributed by atoms with Crippen molar-refractivity contribution in [1.29, 1.82) is 0 Å². The molecular formula is C22H25N3O3. The maximum atomic E-state index is 11.4. The fraction of sp³-hybridized carbons (Fsp3) is 0.318. The quantitative estimate of drug-likeness (QED) is 0.696. The lowest BCUT2D eigenvalue weighted by atomic mass is 10.1. The summed E-state index contributed by atoms with van der Waals surface area (Å²) in [6.45, 7) is 4.51. The number of piperazine rings is 1. The van der Waals surface area contributed by atoms with Crippen LogP contribution < -0.4 is 10.2 Å². The zero-order chi connectivity index (χ0) is 19.8. The van der Waals surface area contributed by atoms with E-state index in [0.29, 0.717) is 13.0 Å². The third-order valence-corrected chi connectivity index (χ3v) is 4.73. The number of aromatic hydroxyl groups is 1. The molecule has 0 radical (unpaired) electrons. The van der Waals surface area contributed by atoms with Crippen LogP contribution in [0.4, 0.5) is 10.5 Å². The summed E-state index contributed by atoms with van der Waals surface area (Å²) in [6.07, 6.45) is -0.407. The summed E-state index contributed by atoms with van der Waals surface area (Å²) in [6, 6.07) is 14.9. The molecule has 6 heteroatoms. The molecule has 0 aliphatic carbocycles. The van der Waals surface area contributed by atoms with E-state index < -0.39 is 6.09 Å². The normalized spacial score (nSPS) is 13.5. The van der Waals surface area contributed by atoms with E-state index in [4.69, 9.17) is 0 Å². The third kappa shape index (κ3) is 5.66. The second kappa shape index (κ2) is 9.67. The Bertz CT molecular complexity index is 832. The summed E-state index contributed by atoms with van der Waals surface area (Å²) in [7, 11) is 0. The number of hydrogen-bond donors (Lipinski definition) is 3. The molecule has 1 aliphatic rings. The van der Waals surface area contributed by atoms with Crippen LogP contribution in [0.25, 0.3) is 0 Å². The molecule has 28 heavy (non-hydrogen) atoms. The maximum Gasteiger partial charge on any atom is 0.408 e. The van der Waals surface area contributed by atoms with Gasteiger partial charge in [-0.2, -0.15) is 0 Å². The van der Waals surface area contributed by atoms with Crippen molar-refractivity contribution < 1.29 is 15.0 Å². The Balaban J connectivity index is 1.54. The van der Waals surface area contributed by atoms with Gasteiger partial charge in [-0.1, -0.05) is 24.0 Å². The summed E-state index contributed by atoms with van der Waals surface area (Å²) in [5, 5.41) is 22.0. The van der Waals surface area contributed by atoms with Gasteiger partial charge in [0.2, 0.25) is 0 Å². The van der Waals surface area contributed by atoms with Gasteiger partial charge in [-0.05, 0) is 48.4 Å². The van der Waals surface area contributed by atoms with Crippen LogP contribution in [-0.4, -0.2) is 60.5 Å².